The minimum atomic E-state index is -0.504. The number of aromatic nitrogens is 3. The SMILES string of the molecule is CC(C)NC(=O)NC(=O)CSc1nnc(N)n1C(C)C. The molecule has 0 bridgehead atoms. The molecule has 4 N–H and O–H groups in total. The predicted molar refractivity (Wildman–Crippen MR) is 77.4 cm³/mol. The van der Waals surface area contributed by atoms with Crippen LogP contribution in [0.25, 0.3) is 0 Å². The van der Waals surface area contributed by atoms with Crippen LogP contribution >= 0.6 is 11.8 Å². The highest BCUT2D eigenvalue weighted by molar-refractivity contribution is 7.99. The zero-order valence-electron chi connectivity index (χ0n) is 12.0. The van der Waals surface area contributed by atoms with Gasteiger partial charge in [-0.25, -0.2) is 4.79 Å². The molecule has 0 spiro atoms. The molecule has 3 amide bonds. The Labute approximate surface area is 121 Å². The minimum absolute atomic E-state index is 0.0284. The van der Waals surface area contributed by atoms with Gasteiger partial charge in [0, 0.05) is 12.1 Å². The van der Waals surface area contributed by atoms with Gasteiger partial charge in [-0.3, -0.25) is 14.7 Å². The monoisotopic (exact) mass is 300 g/mol. The lowest BCUT2D eigenvalue weighted by atomic mass is 10.4. The number of imide groups is 1. The summed E-state index contributed by atoms with van der Waals surface area (Å²) in [5.74, 6) is -0.0263. The Morgan fingerprint density at radius 2 is 1.95 bits per heavy atom. The molecule has 0 atom stereocenters. The van der Waals surface area contributed by atoms with Crippen LogP contribution in [0, 0.1) is 0 Å². The lowest BCUT2D eigenvalue weighted by Gasteiger charge is -2.11. The van der Waals surface area contributed by atoms with Crippen LogP contribution in [-0.2, 0) is 4.79 Å². The van der Waals surface area contributed by atoms with Crippen molar-refractivity contribution in [1.82, 2.24) is 25.4 Å². The number of hydrogen-bond acceptors (Lipinski definition) is 6. The molecule has 0 aliphatic rings. The first kappa shape index (κ1) is 16.3. The average molecular weight is 300 g/mol. The van der Waals surface area contributed by atoms with Crippen molar-refractivity contribution in [1.29, 1.82) is 0 Å². The molecule has 1 aromatic heterocycles. The first-order chi connectivity index (χ1) is 9.31. The third kappa shape index (κ3) is 4.72. The van der Waals surface area contributed by atoms with E-state index in [-0.39, 0.29) is 17.8 Å². The number of carbonyl (C=O) groups is 2. The van der Waals surface area contributed by atoms with Crippen molar-refractivity contribution in [2.24, 2.45) is 0 Å². The first-order valence-electron chi connectivity index (χ1n) is 6.24. The number of nitrogens with one attached hydrogen (secondary N) is 2. The third-order valence-corrected chi connectivity index (χ3v) is 3.16. The maximum atomic E-state index is 11.6. The van der Waals surface area contributed by atoms with E-state index in [2.05, 4.69) is 20.8 Å². The number of hydrogen-bond donors (Lipinski definition) is 3. The minimum Gasteiger partial charge on any atom is -0.368 e. The fourth-order valence-corrected chi connectivity index (χ4v) is 2.34. The van der Waals surface area contributed by atoms with E-state index in [1.165, 1.54) is 11.8 Å². The molecule has 0 radical (unpaired) electrons. The summed E-state index contributed by atoms with van der Waals surface area (Å²) in [5.41, 5.74) is 5.70. The van der Waals surface area contributed by atoms with Gasteiger partial charge < -0.3 is 11.1 Å². The lowest BCUT2D eigenvalue weighted by Crippen LogP contribution is -2.43. The number of nitrogens with two attached hydrogens (primary N) is 1. The van der Waals surface area contributed by atoms with Crippen LogP contribution in [0.2, 0.25) is 0 Å². The van der Waals surface area contributed by atoms with Crippen LogP contribution in [0.1, 0.15) is 33.7 Å². The Bertz CT molecular complexity index is 485. The van der Waals surface area contributed by atoms with Gasteiger partial charge in [-0.15, -0.1) is 10.2 Å². The number of urea groups is 1. The summed E-state index contributed by atoms with van der Waals surface area (Å²) in [7, 11) is 0. The van der Waals surface area contributed by atoms with Crippen LogP contribution in [-0.4, -0.2) is 38.5 Å². The van der Waals surface area contributed by atoms with Crippen LogP contribution in [0.15, 0.2) is 5.16 Å². The van der Waals surface area contributed by atoms with Crippen molar-refractivity contribution in [3.63, 3.8) is 0 Å². The normalized spacial score (nSPS) is 10.9. The van der Waals surface area contributed by atoms with Crippen molar-refractivity contribution in [2.45, 2.75) is 44.9 Å². The van der Waals surface area contributed by atoms with Gasteiger partial charge in [0.05, 0.1) is 5.75 Å². The molecule has 0 unspecified atom stereocenters. The summed E-state index contributed by atoms with van der Waals surface area (Å²) in [5, 5.41) is 13.0. The van der Waals surface area contributed by atoms with E-state index in [9.17, 15) is 9.59 Å². The van der Waals surface area contributed by atoms with Gasteiger partial charge in [0.15, 0.2) is 5.16 Å². The topological polar surface area (TPSA) is 115 Å². The Morgan fingerprint density at radius 1 is 1.30 bits per heavy atom. The molecule has 20 heavy (non-hydrogen) atoms. The summed E-state index contributed by atoms with van der Waals surface area (Å²) in [6.07, 6.45) is 0. The summed E-state index contributed by atoms with van der Waals surface area (Å²) in [4.78, 5) is 23.0. The first-order valence-corrected chi connectivity index (χ1v) is 7.23. The van der Waals surface area contributed by atoms with Crippen molar-refractivity contribution in [2.75, 3.05) is 11.5 Å². The lowest BCUT2D eigenvalue weighted by molar-refractivity contribution is -0.117. The highest BCUT2D eigenvalue weighted by Crippen LogP contribution is 2.22. The fraction of sp³-hybridized carbons (Fsp3) is 0.636. The molecule has 1 heterocycles. The second-order valence-corrected chi connectivity index (χ2v) is 5.71. The second-order valence-electron chi connectivity index (χ2n) is 4.77. The Balaban J connectivity index is 2.51. The second kappa shape index (κ2) is 7.13. The highest BCUT2D eigenvalue weighted by atomic mass is 32.2. The number of anilines is 1. The van der Waals surface area contributed by atoms with Crippen molar-refractivity contribution in [3.05, 3.63) is 0 Å². The van der Waals surface area contributed by atoms with E-state index in [1.54, 1.807) is 4.57 Å². The van der Waals surface area contributed by atoms with Crippen molar-refractivity contribution < 1.29 is 9.59 Å². The van der Waals surface area contributed by atoms with Crippen molar-refractivity contribution >= 4 is 29.6 Å². The molecule has 0 fully saturated rings. The largest absolute Gasteiger partial charge is 0.368 e. The Morgan fingerprint density at radius 3 is 2.50 bits per heavy atom. The van der Waals surface area contributed by atoms with E-state index in [0.29, 0.717) is 11.1 Å². The van der Waals surface area contributed by atoms with Crippen LogP contribution in [0.3, 0.4) is 0 Å². The van der Waals surface area contributed by atoms with E-state index in [1.807, 2.05) is 27.7 Å². The van der Waals surface area contributed by atoms with E-state index >= 15 is 0 Å². The Hall–Kier alpha value is -1.77. The van der Waals surface area contributed by atoms with Gasteiger partial charge in [0.2, 0.25) is 11.9 Å². The maximum Gasteiger partial charge on any atom is 0.321 e. The zero-order valence-corrected chi connectivity index (χ0v) is 12.8. The number of rotatable bonds is 5. The molecule has 0 aromatic carbocycles. The van der Waals surface area contributed by atoms with Crippen molar-refractivity contribution in [3.8, 4) is 0 Å². The van der Waals surface area contributed by atoms with Gasteiger partial charge >= 0.3 is 6.03 Å². The van der Waals surface area contributed by atoms with Crippen LogP contribution < -0.4 is 16.4 Å². The number of amides is 3. The summed E-state index contributed by atoms with van der Waals surface area (Å²) >= 11 is 1.18. The molecule has 8 nitrogen and oxygen atoms in total. The van der Waals surface area contributed by atoms with E-state index in [0.717, 1.165) is 0 Å². The number of nitrogen functional groups attached to an aromatic ring is 1. The molecule has 0 saturated carbocycles. The molecular weight excluding hydrogens is 280 g/mol. The average Bonchev–Trinajstić information content (AvgIpc) is 2.66. The smallest absolute Gasteiger partial charge is 0.321 e. The molecule has 1 aromatic rings. The number of carbonyl (C=O) groups excluding carboxylic acids is 2. The van der Waals surface area contributed by atoms with Gasteiger partial charge in [-0.05, 0) is 27.7 Å². The van der Waals surface area contributed by atoms with Crippen LogP contribution in [0.4, 0.5) is 10.7 Å². The molecule has 1 rings (SSSR count). The third-order valence-electron chi connectivity index (χ3n) is 2.21. The molecule has 112 valence electrons. The standard InChI is InChI=1S/C11H20N6O2S/c1-6(2)13-10(19)14-8(18)5-20-11-16-15-9(12)17(11)7(3)4/h6-7H,5H2,1-4H3,(H2,12,15)(H2,13,14,18,19). The van der Waals surface area contributed by atoms with Gasteiger partial charge in [-0.2, -0.15) is 0 Å². The summed E-state index contributed by atoms with van der Waals surface area (Å²) < 4.78 is 1.73. The maximum absolute atomic E-state index is 11.6. The van der Waals surface area contributed by atoms with Crippen LogP contribution in [0.5, 0.6) is 0 Å². The molecule has 0 saturated heterocycles. The molecule has 0 aliphatic heterocycles. The zero-order chi connectivity index (χ0) is 15.3. The molecule has 0 aliphatic carbocycles. The van der Waals surface area contributed by atoms with E-state index < -0.39 is 11.9 Å². The van der Waals surface area contributed by atoms with Gasteiger partial charge in [0.25, 0.3) is 0 Å². The summed E-state index contributed by atoms with van der Waals surface area (Å²) in [6, 6.07) is -0.436. The Kier molecular flexibility index (Phi) is 5.81. The van der Waals surface area contributed by atoms with E-state index in [4.69, 9.17) is 5.73 Å². The summed E-state index contributed by atoms with van der Waals surface area (Å²) in [6.45, 7) is 7.51. The fourth-order valence-electron chi connectivity index (χ4n) is 1.46. The highest BCUT2D eigenvalue weighted by Gasteiger charge is 2.15. The predicted octanol–water partition coefficient (Wildman–Crippen LogP) is 0.767. The molecular formula is C11H20N6O2S. The quantitative estimate of drug-likeness (QED) is 0.692. The molecule has 9 heteroatoms. The van der Waals surface area contributed by atoms with Gasteiger partial charge in [0.1, 0.15) is 0 Å². The number of nitrogens with zero attached hydrogens (tertiary/aromatic N) is 3. The number of thioether (sulfide) groups is 1. The van der Waals surface area contributed by atoms with Gasteiger partial charge in [-0.1, -0.05) is 11.8 Å².